The van der Waals surface area contributed by atoms with Gasteiger partial charge in [0.1, 0.15) is 0 Å². The zero-order valence-electron chi connectivity index (χ0n) is 15.2. The lowest BCUT2D eigenvalue weighted by atomic mass is 9.98. The fourth-order valence-corrected chi connectivity index (χ4v) is 3.32. The molecular formula is C18H33N5. The predicted octanol–water partition coefficient (Wildman–Crippen LogP) is 2.00. The van der Waals surface area contributed by atoms with Gasteiger partial charge in [-0.2, -0.15) is 5.10 Å². The van der Waals surface area contributed by atoms with Crippen molar-refractivity contribution in [2.24, 2.45) is 11.0 Å². The molecule has 1 unspecified atom stereocenters. The Labute approximate surface area is 141 Å². The minimum absolute atomic E-state index is 0.420. The summed E-state index contributed by atoms with van der Waals surface area (Å²) in [7, 11) is 0. The van der Waals surface area contributed by atoms with Crippen molar-refractivity contribution >= 4 is 6.21 Å². The fourth-order valence-electron chi connectivity index (χ4n) is 3.32. The Morgan fingerprint density at radius 1 is 1.35 bits per heavy atom. The molecule has 5 heteroatoms. The van der Waals surface area contributed by atoms with Crippen molar-refractivity contribution in [3.8, 4) is 0 Å². The number of piperazine rings is 1. The van der Waals surface area contributed by atoms with Gasteiger partial charge in [-0.3, -0.25) is 5.01 Å². The summed E-state index contributed by atoms with van der Waals surface area (Å²) in [6, 6.07) is 0.420. The molecule has 2 N–H and O–H groups in total. The molecule has 1 saturated heterocycles. The van der Waals surface area contributed by atoms with Crippen LogP contribution in [0.4, 0.5) is 0 Å². The van der Waals surface area contributed by atoms with E-state index in [-0.39, 0.29) is 0 Å². The van der Waals surface area contributed by atoms with Gasteiger partial charge >= 0.3 is 0 Å². The normalized spacial score (nSPS) is 22.0. The molecule has 0 amide bonds. The second-order valence-electron chi connectivity index (χ2n) is 6.53. The first-order chi connectivity index (χ1) is 11.2. The number of hydrazone groups is 1. The van der Waals surface area contributed by atoms with E-state index in [0.717, 1.165) is 45.7 Å². The number of rotatable bonds is 7. The molecule has 1 atom stereocenters. The van der Waals surface area contributed by atoms with Crippen molar-refractivity contribution in [2.75, 3.05) is 39.3 Å². The molecule has 5 nitrogen and oxygen atoms in total. The van der Waals surface area contributed by atoms with Gasteiger partial charge in [0.2, 0.25) is 0 Å². The second-order valence-corrected chi connectivity index (χ2v) is 6.53. The molecule has 130 valence electrons. The first-order valence-electron chi connectivity index (χ1n) is 9.05. The van der Waals surface area contributed by atoms with Crippen LogP contribution in [-0.4, -0.2) is 61.4 Å². The summed E-state index contributed by atoms with van der Waals surface area (Å²) in [6.45, 7) is 15.2. The van der Waals surface area contributed by atoms with Crippen molar-refractivity contribution in [3.63, 3.8) is 0 Å². The van der Waals surface area contributed by atoms with Crippen molar-refractivity contribution in [1.82, 2.24) is 20.5 Å². The van der Waals surface area contributed by atoms with Crippen LogP contribution < -0.4 is 10.6 Å². The summed E-state index contributed by atoms with van der Waals surface area (Å²) in [5.74, 6) is 0.558. The second kappa shape index (κ2) is 9.08. The van der Waals surface area contributed by atoms with Gasteiger partial charge in [0.25, 0.3) is 0 Å². The maximum Gasteiger partial charge on any atom is 0.0788 e. The molecule has 23 heavy (non-hydrogen) atoms. The van der Waals surface area contributed by atoms with Crippen molar-refractivity contribution < 1.29 is 0 Å². The summed E-state index contributed by atoms with van der Waals surface area (Å²) in [4.78, 5) is 2.48. The van der Waals surface area contributed by atoms with E-state index in [9.17, 15) is 0 Å². The van der Waals surface area contributed by atoms with Gasteiger partial charge in [-0.15, -0.1) is 0 Å². The third-order valence-electron chi connectivity index (χ3n) is 4.61. The van der Waals surface area contributed by atoms with Crippen LogP contribution >= 0.6 is 0 Å². The maximum atomic E-state index is 4.72. The Morgan fingerprint density at radius 3 is 2.70 bits per heavy atom. The summed E-state index contributed by atoms with van der Waals surface area (Å²) in [5.41, 5.74) is 2.57. The third-order valence-corrected chi connectivity index (χ3v) is 4.61. The quantitative estimate of drug-likeness (QED) is 0.705. The van der Waals surface area contributed by atoms with Gasteiger partial charge in [0, 0.05) is 32.4 Å². The molecular weight excluding hydrogens is 286 g/mol. The third kappa shape index (κ3) is 4.58. The van der Waals surface area contributed by atoms with Crippen LogP contribution in [0.3, 0.4) is 0 Å². The summed E-state index contributed by atoms with van der Waals surface area (Å²) < 4.78 is 0. The molecule has 0 bridgehead atoms. The van der Waals surface area contributed by atoms with E-state index >= 15 is 0 Å². The fraction of sp³-hybridized carbons (Fsp3) is 0.722. The standard InChI is InChI=1S/C18H33N5/c1-5-16-18(22-13-11-20-12-14-22)8-10-21-23(16)17(15(3)4)7-9-19-6-2/h5,8,10,15,17,19-20H,6-7,9,11-14H2,1-4H3/b16-5-. The topological polar surface area (TPSA) is 42.9 Å². The Kier molecular flexibility index (Phi) is 7.12. The summed E-state index contributed by atoms with van der Waals surface area (Å²) >= 11 is 0. The number of nitrogens with one attached hydrogen (secondary N) is 2. The van der Waals surface area contributed by atoms with Crippen molar-refractivity contribution in [2.45, 2.75) is 40.2 Å². The van der Waals surface area contributed by atoms with E-state index in [1.807, 2.05) is 6.21 Å². The molecule has 2 rings (SSSR count). The summed E-state index contributed by atoms with van der Waals surface area (Å²) in [6.07, 6.45) is 7.45. The first kappa shape index (κ1) is 18.0. The van der Waals surface area contributed by atoms with Crippen LogP contribution in [0.25, 0.3) is 0 Å². The SMILES string of the molecule is C/C=C1/C(N2CCNCC2)=CC=NN1C(CCNCC)C(C)C. The van der Waals surface area contributed by atoms with Crippen LogP contribution in [0.1, 0.15) is 34.1 Å². The zero-order valence-corrected chi connectivity index (χ0v) is 15.2. The Balaban J connectivity index is 2.14. The monoisotopic (exact) mass is 319 g/mol. The predicted molar refractivity (Wildman–Crippen MR) is 98.4 cm³/mol. The molecule has 2 aliphatic heterocycles. The highest BCUT2D eigenvalue weighted by Crippen LogP contribution is 2.28. The Morgan fingerprint density at radius 2 is 2.09 bits per heavy atom. The Hall–Kier alpha value is -1.33. The highest BCUT2D eigenvalue weighted by atomic mass is 15.5. The summed E-state index contributed by atoms with van der Waals surface area (Å²) in [5, 5.41) is 13.8. The lowest BCUT2D eigenvalue weighted by Crippen LogP contribution is -2.46. The highest BCUT2D eigenvalue weighted by Gasteiger charge is 2.28. The van der Waals surface area contributed by atoms with Gasteiger partial charge in [-0.1, -0.05) is 26.8 Å². The Bertz CT molecular complexity index is 446. The molecule has 0 aliphatic carbocycles. The largest absolute Gasteiger partial charge is 0.367 e. The van der Waals surface area contributed by atoms with E-state index < -0.39 is 0 Å². The number of hydrogen-bond donors (Lipinski definition) is 2. The van der Waals surface area contributed by atoms with Gasteiger partial charge in [-0.05, 0) is 38.4 Å². The van der Waals surface area contributed by atoms with E-state index in [1.165, 1.54) is 11.4 Å². The van der Waals surface area contributed by atoms with E-state index in [1.54, 1.807) is 0 Å². The first-order valence-corrected chi connectivity index (χ1v) is 9.05. The average molecular weight is 319 g/mol. The molecule has 1 fully saturated rings. The number of allylic oxidation sites excluding steroid dienone is 2. The lowest BCUT2D eigenvalue weighted by molar-refractivity contribution is 0.183. The molecule has 2 aliphatic rings. The molecule has 0 aromatic rings. The van der Waals surface area contributed by atoms with Gasteiger partial charge in [0.15, 0.2) is 0 Å². The lowest BCUT2D eigenvalue weighted by Gasteiger charge is -2.40. The van der Waals surface area contributed by atoms with Gasteiger partial charge < -0.3 is 15.5 Å². The van der Waals surface area contributed by atoms with E-state index in [0.29, 0.717) is 12.0 Å². The van der Waals surface area contributed by atoms with Crippen LogP contribution in [0, 0.1) is 5.92 Å². The van der Waals surface area contributed by atoms with Gasteiger partial charge in [0.05, 0.1) is 17.4 Å². The van der Waals surface area contributed by atoms with Crippen molar-refractivity contribution in [3.05, 3.63) is 23.5 Å². The smallest absolute Gasteiger partial charge is 0.0788 e. The van der Waals surface area contributed by atoms with Crippen LogP contribution in [0.15, 0.2) is 28.6 Å². The van der Waals surface area contributed by atoms with Crippen LogP contribution in [0.2, 0.25) is 0 Å². The molecule has 0 radical (unpaired) electrons. The van der Waals surface area contributed by atoms with Gasteiger partial charge in [-0.25, -0.2) is 0 Å². The molecule has 0 aromatic carbocycles. The van der Waals surface area contributed by atoms with Crippen LogP contribution in [-0.2, 0) is 0 Å². The van der Waals surface area contributed by atoms with E-state index in [4.69, 9.17) is 5.10 Å². The van der Waals surface area contributed by atoms with E-state index in [2.05, 4.69) is 60.4 Å². The maximum absolute atomic E-state index is 4.72. The molecule has 0 saturated carbocycles. The molecule has 0 aromatic heterocycles. The van der Waals surface area contributed by atoms with Crippen molar-refractivity contribution in [1.29, 1.82) is 0 Å². The minimum atomic E-state index is 0.420. The molecule has 0 spiro atoms. The number of hydrogen-bond acceptors (Lipinski definition) is 5. The van der Waals surface area contributed by atoms with Crippen LogP contribution in [0.5, 0.6) is 0 Å². The molecule has 2 heterocycles. The number of nitrogens with zero attached hydrogens (tertiary/aromatic N) is 3. The average Bonchev–Trinajstić information content (AvgIpc) is 2.58. The minimum Gasteiger partial charge on any atom is -0.367 e. The highest BCUT2D eigenvalue weighted by molar-refractivity contribution is 5.75. The zero-order chi connectivity index (χ0) is 16.7.